The summed E-state index contributed by atoms with van der Waals surface area (Å²) in [7, 11) is 0. The summed E-state index contributed by atoms with van der Waals surface area (Å²) >= 11 is 0. The lowest BCUT2D eigenvalue weighted by Crippen LogP contribution is -2.02. The van der Waals surface area contributed by atoms with Gasteiger partial charge in [-0.2, -0.15) is 0 Å². The van der Waals surface area contributed by atoms with Gasteiger partial charge in [0, 0.05) is 28.6 Å². The van der Waals surface area contributed by atoms with E-state index in [4.69, 9.17) is 0 Å². The average molecular weight is 257 g/mol. The van der Waals surface area contributed by atoms with Crippen molar-refractivity contribution in [2.24, 2.45) is 0 Å². The van der Waals surface area contributed by atoms with Gasteiger partial charge in [-0.05, 0) is 29.8 Å². The number of aromatic nitrogens is 1. The Morgan fingerprint density at radius 1 is 0.895 bits per heavy atom. The van der Waals surface area contributed by atoms with Crippen molar-refractivity contribution in [1.29, 1.82) is 0 Å². The first kappa shape index (κ1) is 11.6. The van der Waals surface area contributed by atoms with Gasteiger partial charge in [0.15, 0.2) is 0 Å². The fourth-order valence-electron chi connectivity index (χ4n) is 2.13. The van der Waals surface area contributed by atoms with Crippen molar-refractivity contribution in [2.75, 3.05) is 0 Å². The van der Waals surface area contributed by atoms with Crippen LogP contribution in [0.25, 0.3) is 22.0 Å². The summed E-state index contributed by atoms with van der Waals surface area (Å²) < 4.78 is 26.8. The molecule has 0 aliphatic rings. The summed E-state index contributed by atoms with van der Waals surface area (Å²) in [5.41, 5.74) is 1.32. The van der Waals surface area contributed by atoms with Crippen LogP contribution in [0.2, 0.25) is 0 Å². The first-order valence-corrected chi connectivity index (χ1v) is 5.72. The summed E-state index contributed by atoms with van der Waals surface area (Å²) in [6.07, 6.45) is 0. The molecule has 0 amide bonds. The Labute approximate surface area is 107 Å². The summed E-state index contributed by atoms with van der Waals surface area (Å²) in [5, 5.41) is 0.715. The van der Waals surface area contributed by atoms with Gasteiger partial charge in [0.25, 0.3) is 0 Å². The fourth-order valence-corrected chi connectivity index (χ4v) is 2.13. The number of H-pyrrole nitrogens is 1. The zero-order valence-corrected chi connectivity index (χ0v) is 9.78. The molecule has 0 atom stereocenters. The lowest BCUT2D eigenvalue weighted by Gasteiger charge is -2.07. The normalized spacial score (nSPS) is 10.8. The van der Waals surface area contributed by atoms with Gasteiger partial charge >= 0.3 is 0 Å². The molecular formula is C15H9F2NO. The zero-order valence-electron chi connectivity index (χ0n) is 9.78. The molecule has 19 heavy (non-hydrogen) atoms. The van der Waals surface area contributed by atoms with E-state index < -0.39 is 11.6 Å². The van der Waals surface area contributed by atoms with E-state index in [1.807, 2.05) is 0 Å². The molecule has 1 heterocycles. The maximum atomic E-state index is 13.8. The lowest BCUT2D eigenvalue weighted by atomic mass is 10.00. The Bertz CT molecular complexity index is 824. The van der Waals surface area contributed by atoms with Crippen molar-refractivity contribution < 1.29 is 8.78 Å². The largest absolute Gasteiger partial charge is 0.322 e. The molecule has 3 rings (SSSR count). The third-order valence-electron chi connectivity index (χ3n) is 2.99. The van der Waals surface area contributed by atoms with E-state index in [-0.39, 0.29) is 5.56 Å². The van der Waals surface area contributed by atoms with Gasteiger partial charge in [-0.1, -0.05) is 12.1 Å². The topological polar surface area (TPSA) is 32.9 Å². The first-order valence-electron chi connectivity index (χ1n) is 5.72. The van der Waals surface area contributed by atoms with E-state index in [1.165, 1.54) is 18.2 Å². The van der Waals surface area contributed by atoms with Crippen molar-refractivity contribution >= 4 is 10.9 Å². The van der Waals surface area contributed by atoms with Crippen molar-refractivity contribution in [3.63, 3.8) is 0 Å². The van der Waals surface area contributed by atoms with Crippen molar-refractivity contribution in [2.45, 2.75) is 0 Å². The van der Waals surface area contributed by atoms with E-state index in [9.17, 15) is 13.6 Å². The number of fused-ring (bicyclic) bond motifs is 1. The van der Waals surface area contributed by atoms with Crippen LogP contribution in [0.15, 0.2) is 53.3 Å². The fraction of sp³-hybridized carbons (Fsp3) is 0. The van der Waals surface area contributed by atoms with E-state index >= 15 is 0 Å². The molecule has 1 aromatic heterocycles. The van der Waals surface area contributed by atoms with Crippen LogP contribution in [0.4, 0.5) is 8.78 Å². The quantitative estimate of drug-likeness (QED) is 0.711. The standard InChI is InChI=1S/C15H9F2NO/c16-9-4-5-11(13(17)8-9)10-2-1-3-14-12(10)6-7-15(19)18-14/h1-8H,(H,18,19). The molecule has 3 aromatic rings. The second-order valence-corrected chi connectivity index (χ2v) is 4.21. The van der Waals surface area contributed by atoms with Gasteiger partial charge in [0.05, 0.1) is 0 Å². The van der Waals surface area contributed by atoms with E-state index in [1.54, 1.807) is 24.3 Å². The van der Waals surface area contributed by atoms with Crippen molar-refractivity contribution in [3.05, 3.63) is 70.5 Å². The van der Waals surface area contributed by atoms with Crippen LogP contribution in [0, 0.1) is 11.6 Å². The number of benzene rings is 2. The highest BCUT2D eigenvalue weighted by Crippen LogP contribution is 2.29. The Balaban J connectivity index is 2.33. The predicted octanol–water partition coefficient (Wildman–Crippen LogP) is 3.47. The number of hydrogen-bond acceptors (Lipinski definition) is 1. The zero-order chi connectivity index (χ0) is 13.4. The molecule has 0 bridgehead atoms. The van der Waals surface area contributed by atoms with E-state index in [0.717, 1.165) is 6.07 Å². The summed E-state index contributed by atoms with van der Waals surface area (Å²) in [6.45, 7) is 0. The molecule has 0 saturated heterocycles. The van der Waals surface area contributed by atoms with Gasteiger partial charge < -0.3 is 4.98 Å². The highest BCUT2D eigenvalue weighted by atomic mass is 19.1. The van der Waals surface area contributed by atoms with Crippen molar-refractivity contribution in [3.8, 4) is 11.1 Å². The summed E-state index contributed by atoms with van der Waals surface area (Å²) in [4.78, 5) is 13.9. The van der Waals surface area contributed by atoms with E-state index in [2.05, 4.69) is 4.98 Å². The molecule has 0 spiro atoms. The van der Waals surface area contributed by atoms with Crippen LogP contribution in [-0.2, 0) is 0 Å². The van der Waals surface area contributed by atoms with Gasteiger partial charge in [0.2, 0.25) is 5.56 Å². The number of pyridine rings is 1. The van der Waals surface area contributed by atoms with E-state index in [0.29, 0.717) is 22.0 Å². The van der Waals surface area contributed by atoms with Crippen LogP contribution in [0.3, 0.4) is 0 Å². The highest BCUT2D eigenvalue weighted by Gasteiger charge is 2.09. The second-order valence-electron chi connectivity index (χ2n) is 4.21. The summed E-state index contributed by atoms with van der Waals surface area (Å²) in [5.74, 6) is -1.24. The molecule has 0 aliphatic heterocycles. The lowest BCUT2D eigenvalue weighted by molar-refractivity contribution is 0.585. The maximum Gasteiger partial charge on any atom is 0.248 e. The first-order chi connectivity index (χ1) is 9.15. The molecule has 2 nitrogen and oxygen atoms in total. The minimum atomic E-state index is -0.626. The Morgan fingerprint density at radius 3 is 2.53 bits per heavy atom. The number of hydrogen-bond donors (Lipinski definition) is 1. The van der Waals surface area contributed by atoms with Gasteiger partial charge in [0.1, 0.15) is 11.6 Å². The highest BCUT2D eigenvalue weighted by molar-refractivity contribution is 5.94. The van der Waals surface area contributed by atoms with Crippen LogP contribution >= 0.6 is 0 Å². The second kappa shape index (κ2) is 4.31. The van der Waals surface area contributed by atoms with Crippen LogP contribution < -0.4 is 5.56 Å². The molecule has 4 heteroatoms. The number of aromatic amines is 1. The molecule has 0 saturated carbocycles. The molecule has 1 N–H and O–H groups in total. The molecule has 0 unspecified atom stereocenters. The molecule has 0 radical (unpaired) electrons. The molecular weight excluding hydrogens is 248 g/mol. The Kier molecular flexibility index (Phi) is 2.63. The SMILES string of the molecule is O=c1ccc2c(-c3ccc(F)cc3F)cccc2[nH]1. The third kappa shape index (κ3) is 2.01. The van der Waals surface area contributed by atoms with Crippen LogP contribution in [-0.4, -0.2) is 4.98 Å². The van der Waals surface area contributed by atoms with Crippen LogP contribution in [0.5, 0.6) is 0 Å². The Hall–Kier alpha value is -2.49. The molecule has 94 valence electrons. The smallest absolute Gasteiger partial charge is 0.248 e. The summed E-state index contributed by atoms with van der Waals surface area (Å²) in [6, 6.07) is 11.7. The minimum Gasteiger partial charge on any atom is -0.322 e. The van der Waals surface area contributed by atoms with Crippen molar-refractivity contribution in [1.82, 2.24) is 4.98 Å². The number of halogens is 2. The van der Waals surface area contributed by atoms with Gasteiger partial charge in [-0.3, -0.25) is 4.79 Å². The molecule has 0 fully saturated rings. The van der Waals surface area contributed by atoms with Gasteiger partial charge in [-0.25, -0.2) is 8.78 Å². The molecule has 0 aliphatic carbocycles. The number of nitrogens with one attached hydrogen (secondary N) is 1. The predicted molar refractivity (Wildman–Crippen MR) is 69.9 cm³/mol. The average Bonchev–Trinajstić information content (AvgIpc) is 2.38. The maximum absolute atomic E-state index is 13.8. The Morgan fingerprint density at radius 2 is 1.74 bits per heavy atom. The van der Waals surface area contributed by atoms with Crippen LogP contribution in [0.1, 0.15) is 0 Å². The minimum absolute atomic E-state index is 0.218. The monoisotopic (exact) mass is 257 g/mol. The third-order valence-corrected chi connectivity index (χ3v) is 2.99. The number of rotatable bonds is 1. The molecule has 2 aromatic carbocycles. The van der Waals surface area contributed by atoms with Gasteiger partial charge in [-0.15, -0.1) is 0 Å².